The van der Waals surface area contributed by atoms with Crippen LogP contribution in [0, 0.1) is 0 Å². The molecule has 1 rings (SSSR count). The number of anilines is 1. The second kappa shape index (κ2) is 5.51. The maximum Gasteiger partial charge on any atom is 0.227 e. The summed E-state index contributed by atoms with van der Waals surface area (Å²) in [4.78, 5) is 13.3. The fraction of sp³-hybridized carbons (Fsp3) is 0.417. The van der Waals surface area contributed by atoms with E-state index in [-0.39, 0.29) is 5.91 Å². The molecule has 82 valence electrons. The van der Waals surface area contributed by atoms with Crippen LogP contribution in [-0.4, -0.2) is 19.5 Å². The van der Waals surface area contributed by atoms with Gasteiger partial charge in [0.15, 0.2) is 0 Å². The summed E-state index contributed by atoms with van der Waals surface area (Å²) in [7, 11) is 1.80. The van der Waals surface area contributed by atoms with Gasteiger partial charge in [-0.05, 0) is 18.1 Å². The fourth-order valence-electron chi connectivity index (χ4n) is 1.56. The number of amides is 1. The van der Waals surface area contributed by atoms with Crippen molar-refractivity contribution in [3.8, 4) is 0 Å². The second-order valence-electron chi connectivity index (χ2n) is 3.47. The van der Waals surface area contributed by atoms with E-state index in [1.807, 2.05) is 24.3 Å². The number of nitrogens with zero attached hydrogens (tertiary/aromatic N) is 1. The lowest BCUT2D eigenvalue weighted by molar-refractivity contribution is -0.118. The van der Waals surface area contributed by atoms with Crippen molar-refractivity contribution in [2.75, 3.05) is 18.5 Å². The Hall–Kier alpha value is -1.35. The molecule has 0 heterocycles. The van der Waals surface area contributed by atoms with Crippen LogP contribution in [0.15, 0.2) is 24.3 Å². The molecule has 0 saturated heterocycles. The van der Waals surface area contributed by atoms with E-state index in [4.69, 9.17) is 5.73 Å². The average molecular weight is 206 g/mol. The van der Waals surface area contributed by atoms with Crippen LogP contribution in [-0.2, 0) is 11.2 Å². The molecule has 0 bridgehead atoms. The van der Waals surface area contributed by atoms with Crippen LogP contribution in [0.5, 0.6) is 0 Å². The van der Waals surface area contributed by atoms with E-state index < -0.39 is 0 Å². The molecule has 0 aromatic heterocycles. The van der Waals surface area contributed by atoms with Crippen LogP contribution in [0.1, 0.15) is 18.9 Å². The van der Waals surface area contributed by atoms with Gasteiger partial charge in [0, 0.05) is 25.7 Å². The summed E-state index contributed by atoms with van der Waals surface area (Å²) in [5.74, 6) is 0.0680. The minimum Gasteiger partial charge on any atom is -0.330 e. The zero-order chi connectivity index (χ0) is 11.3. The number of benzene rings is 1. The molecule has 0 aliphatic carbocycles. The van der Waals surface area contributed by atoms with Gasteiger partial charge in [-0.15, -0.1) is 0 Å². The van der Waals surface area contributed by atoms with Gasteiger partial charge in [0.25, 0.3) is 0 Å². The number of nitrogens with two attached hydrogens (primary N) is 1. The van der Waals surface area contributed by atoms with Gasteiger partial charge in [0.1, 0.15) is 0 Å². The van der Waals surface area contributed by atoms with E-state index in [0.29, 0.717) is 13.0 Å². The molecule has 0 spiro atoms. The normalized spacial score (nSPS) is 10.1. The highest BCUT2D eigenvalue weighted by Crippen LogP contribution is 2.19. The molecule has 0 atom stereocenters. The number of aryl methyl sites for hydroxylation is 1. The Morgan fingerprint density at radius 2 is 2.07 bits per heavy atom. The smallest absolute Gasteiger partial charge is 0.227 e. The summed E-state index contributed by atoms with van der Waals surface area (Å²) < 4.78 is 0. The first kappa shape index (κ1) is 11.7. The predicted molar refractivity (Wildman–Crippen MR) is 62.9 cm³/mol. The van der Waals surface area contributed by atoms with Crippen molar-refractivity contribution in [3.05, 3.63) is 29.8 Å². The summed E-state index contributed by atoms with van der Waals surface area (Å²) in [5.41, 5.74) is 7.54. The van der Waals surface area contributed by atoms with Crippen molar-refractivity contribution in [2.24, 2.45) is 5.73 Å². The summed E-state index contributed by atoms with van der Waals surface area (Å²) in [6, 6.07) is 7.94. The Labute approximate surface area is 90.9 Å². The van der Waals surface area contributed by atoms with Gasteiger partial charge in [-0.1, -0.05) is 25.1 Å². The minimum absolute atomic E-state index is 0.0680. The third kappa shape index (κ3) is 2.80. The molecule has 3 nitrogen and oxygen atoms in total. The van der Waals surface area contributed by atoms with E-state index in [1.54, 1.807) is 11.9 Å². The summed E-state index contributed by atoms with van der Waals surface area (Å²) in [6.45, 7) is 2.48. The lowest BCUT2D eigenvalue weighted by Crippen LogP contribution is -2.28. The van der Waals surface area contributed by atoms with Crippen molar-refractivity contribution < 1.29 is 4.79 Å². The third-order valence-electron chi connectivity index (χ3n) is 2.47. The number of hydrogen-bond donors (Lipinski definition) is 1. The van der Waals surface area contributed by atoms with Crippen LogP contribution in [0.2, 0.25) is 0 Å². The lowest BCUT2D eigenvalue weighted by Gasteiger charge is -2.20. The maximum absolute atomic E-state index is 11.7. The molecule has 0 unspecified atom stereocenters. The molecule has 0 saturated carbocycles. The first-order chi connectivity index (χ1) is 7.20. The molecule has 0 aliphatic rings. The highest BCUT2D eigenvalue weighted by molar-refractivity contribution is 5.93. The van der Waals surface area contributed by atoms with Gasteiger partial charge < -0.3 is 10.6 Å². The number of rotatable bonds is 4. The zero-order valence-corrected chi connectivity index (χ0v) is 9.36. The Morgan fingerprint density at radius 3 is 2.67 bits per heavy atom. The van der Waals surface area contributed by atoms with E-state index in [0.717, 1.165) is 12.1 Å². The van der Waals surface area contributed by atoms with Crippen LogP contribution >= 0.6 is 0 Å². The Bertz CT molecular complexity index is 336. The molecule has 1 amide bonds. The number of carbonyl (C=O) groups excluding carboxylic acids is 1. The fourth-order valence-corrected chi connectivity index (χ4v) is 1.56. The second-order valence-corrected chi connectivity index (χ2v) is 3.47. The molecule has 0 radical (unpaired) electrons. The maximum atomic E-state index is 11.7. The highest BCUT2D eigenvalue weighted by Gasteiger charge is 2.11. The first-order valence-electron chi connectivity index (χ1n) is 5.25. The van der Waals surface area contributed by atoms with E-state index in [1.165, 1.54) is 5.56 Å². The standard InChI is InChI=1S/C12H18N2O/c1-3-10-6-4-5-7-11(10)14(2)12(15)8-9-13/h4-7H,3,8-9,13H2,1-2H3. The molecular weight excluding hydrogens is 188 g/mol. The third-order valence-corrected chi connectivity index (χ3v) is 2.47. The van der Waals surface area contributed by atoms with Crippen molar-refractivity contribution in [3.63, 3.8) is 0 Å². The van der Waals surface area contributed by atoms with Gasteiger partial charge >= 0.3 is 0 Å². The zero-order valence-electron chi connectivity index (χ0n) is 9.36. The number of para-hydroxylation sites is 1. The van der Waals surface area contributed by atoms with Crippen molar-refractivity contribution in [2.45, 2.75) is 19.8 Å². The summed E-state index contributed by atoms with van der Waals surface area (Å²) in [5, 5.41) is 0. The van der Waals surface area contributed by atoms with E-state index in [2.05, 4.69) is 6.92 Å². The number of hydrogen-bond acceptors (Lipinski definition) is 2. The van der Waals surface area contributed by atoms with Crippen molar-refractivity contribution >= 4 is 11.6 Å². The van der Waals surface area contributed by atoms with Crippen LogP contribution in [0.3, 0.4) is 0 Å². The topological polar surface area (TPSA) is 46.3 Å². The SMILES string of the molecule is CCc1ccccc1N(C)C(=O)CCN. The molecule has 3 heteroatoms. The summed E-state index contributed by atoms with van der Waals surface area (Å²) >= 11 is 0. The lowest BCUT2D eigenvalue weighted by atomic mass is 10.1. The molecule has 15 heavy (non-hydrogen) atoms. The largest absolute Gasteiger partial charge is 0.330 e. The Balaban J connectivity index is 2.89. The minimum atomic E-state index is 0.0680. The van der Waals surface area contributed by atoms with E-state index >= 15 is 0 Å². The van der Waals surface area contributed by atoms with Crippen LogP contribution < -0.4 is 10.6 Å². The Morgan fingerprint density at radius 1 is 1.40 bits per heavy atom. The first-order valence-corrected chi connectivity index (χ1v) is 5.25. The molecule has 2 N–H and O–H groups in total. The van der Waals surface area contributed by atoms with Gasteiger partial charge in [-0.25, -0.2) is 0 Å². The molecule has 1 aromatic rings. The Kier molecular flexibility index (Phi) is 4.31. The molecular formula is C12H18N2O. The van der Waals surface area contributed by atoms with Crippen molar-refractivity contribution in [1.82, 2.24) is 0 Å². The predicted octanol–water partition coefficient (Wildman–Crippen LogP) is 1.56. The quantitative estimate of drug-likeness (QED) is 0.812. The number of carbonyl (C=O) groups is 1. The summed E-state index contributed by atoms with van der Waals surface area (Å²) in [6.07, 6.45) is 1.32. The van der Waals surface area contributed by atoms with Crippen LogP contribution in [0.4, 0.5) is 5.69 Å². The average Bonchev–Trinajstić information content (AvgIpc) is 2.28. The van der Waals surface area contributed by atoms with Crippen LogP contribution in [0.25, 0.3) is 0 Å². The van der Waals surface area contributed by atoms with Crippen molar-refractivity contribution in [1.29, 1.82) is 0 Å². The molecule has 0 fully saturated rings. The molecule has 1 aromatic carbocycles. The molecule has 0 aliphatic heterocycles. The van der Waals surface area contributed by atoms with Gasteiger partial charge in [-0.2, -0.15) is 0 Å². The monoisotopic (exact) mass is 206 g/mol. The van der Waals surface area contributed by atoms with E-state index in [9.17, 15) is 4.79 Å². The highest BCUT2D eigenvalue weighted by atomic mass is 16.2. The van der Waals surface area contributed by atoms with Gasteiger partial charge in [0.05, 0.1) is 0 Å². The van der Waals surface area contributed by atoms with Gasteiger partial charge in [-0.3, -0.25) is 4.79 Å². The van der Waals surface area contributed by atoms with Gasteiger partial charge in [0.2, 0.25) is 5.91 Å².